The standard InChI is InChI=1S/C17H25N3O2S2/c18-7-4-15(21)19-11-12-3-1-2-8-20(12)17(22)16-13-5-9-23-14(13)6-10-24-16/h5,9,12,16H,1-4,6-8,10-11,18H2,(H,19,21). The number of carbonyl (C=O) groups excluding carboxylic acids is 2. The summed E-state index contributed by atoms with van der Waals surface area (Å²) in [5, 5.41) is 4.96. The maximum atomic E-state index is 13.2. The van der Waals surface area contributed by atoms with Crippen LogP contribution in [-0.2, 0) is 16.0 Å². The lowest BCUT2D eigenvalue weighted by Gasteiger charge is -2.38. The Labute approximate surface area is 151 Å². The van der Waals surface area contributed by atoms with Crippen molar-refractivity contribution >= 4 is 34.9 Å². The van der Waals surface area contributed by atoms with Gasteiger partial charge < -0.3 is 16.0 Å². The normalized spacial score (nSPS) is 23.6. The monoisotopic (exact) mass is 367 g/mol. The van der Waals surface area contributed by atoms with Gasteiger partial charge in [0.15, 0.2) is 0 Å². The fraction of sp³-hybridized carbons (Fsp3) is 0.647. The van der Waals surface area contributed by atoms with Crippen LogP contribution < -0.4 is 11.1 Å². The van der Waals surface area contributed by atoms with Crippen LogP contribution in [-0.4, -0.2) is 48.1 Å². The summed E-state index contributed by atoms with van der Waals surface area (Å²) in [5.41, 5.74) is 6.63. The molecule has 1 saturated heterocycles. The molecule has 2 amide bonds. The van der Waals surface area contributed by atoms with Gasteiger partial charge in [0.05, 0.1) is 0 Å². The van der Waals surface area contributed by atoms with Gasteiger partial charge in [-0.3, -0.25) is 9.59 Å². The summed E-state index contributed by atoms with van der Waals surface area (Å²) in [4.78, 5) is 28.2. The molecule has 0 radical (unpaired) electrons. The molecule has 0 spiro atoms. The van der Waals surface area contributed by atoms with E-state index in [0.29, 0.717) is 19.5 Å². The molecule has 2 unspecified atom stereocenters. The average molecular weight is 368 g/mol. The van der Waals surface area contributed by atoms with Crippen LogP contribution >= 0.6 is 23.1 Å². The van der Waals surface area contributed by atoms with Crippen molar-refractivity contribution in [3.05, 3.63) is 21.9 Å². The minimum absolute atomic E-state index is 0.0253. The maximum Gasteiger partial charge on any atom is 0.240 e. The number of hydrogen-bond acceptors (Lipinski definition) is 5. The Balaban J connectivity index is 1.67. The molecule has 2 atom stereocenters. The van der Waals surface area contributed by atoms with Gasteiger partial charge in [-0.1, -0.05) is 0 Å². The Bertz CT molecular complexity index is 590. The minimum Gasteiger partial charge on any atom is -0.354 e. The molecule has 24 heavy (non-hydrogen) atoms. The maximum absolute atomic E-state index is 13.2. The van der Waals surface area contributed by atoms with E-state index < -0.39 is 0 Å². The number of nitrogens with one attached hydrogen (secondary N) is 1. The van der Waals surface area contributed by atoms with Crippen molar-refractivity contribution in [1.29, 1.82) is 0 Å². The Hall–Kier alpha value is -1.05. The first-order valence-corrected chi connectivity index (χ1v) is 10.6. The number of piperidine rings is 1. The second-order valence-electron chi connectivity index (χ2n) is 6.32. The number of aryl methyl sites for hydroxylation is 1. The van der Waals surface area contributed by atoms with E-state index in [1.165, 1.54) is 10.4 Å². The third kappa shape index (κ3) is 3.95. The van der Waals surface area contributed by atoms with Gasteiger partial charge in [-0.25, -0.2) is 0 Å². The van der Waals surface area contributed by atoms with Gasteiger partial charge in [0.2, 0.25) is 11.8 Å². The summed E-state index contributed by atoms with van der Waals surface area (Å²) in [6, 6.07) is 2.22. The molecule has 2 aliphatic heterocycles. The zero-order chi connectivity index (χ0) is 16.9. The fourth-order valence-corrected chi connectivity index (χ4v) is 5.82. The average Bonchev–Trinajstić information content (AvgIpc) is 3.08. The fourth-order valence-electron chi connectivity index (χ4n) is 3.46. The third-order valence-corrected chi connectivity index (χ3v) is 6.94. The zero-order valence-corrected chi connectivity index (χ0v) is 15.5. The van der Waals surface area contributed by atoms with Crippen LogP contribution in [0, 0.1) is 0 Å². The second-order valence-corrected chi connectivity index (χ2v) is 8.54. The van der Waals surface area contributed by atoms with Crippen molar-refractivity contribution in [3.63, 3.8) is 0 Å². The van der Waals surface area contributed by atoms with E-state index >= 15 is 0 Å². The van der Waals surface area contributed by atoms with Crippen LogP contribution in [0.5, 0.6) is 0 Å². The number of thiophene rings is 1. The number of rotatable bonds is 5. The molecule has 0 bridgehead atoms. The lowest BCUT2D eigenvalue weighted by atomic mass is 10.00. The molecule has 0 aromatic carbocycles. The van der Waals surface area contributed by atoms with Crippen molar-refractivity contribution in [2.75, 3.05) is 25.4 Å². The van der Waals surface area contributed by atoms with Crippen LogP contribution in [0.3, 0.4) is 0 Å². The number of likely N-dealkylation sites (tertiary alicyclic amines) is 1. The van der Waals surface area contributed by atoms with Gasteiger partial charge in [0.25, 0.3) is 0 Å². The summed E-state index contributed by atoms with van der Waals surface area (Å²) in [5.74, 6) is 1.20. The van der Waals surface area contributed by atoms with Crippen molar-refractivity contribution in [3.8, 4) is 0 Å². The van der Waals surface area contributed by atoms with Crippen LogP contribution in [0.25, 0.3) is 0 Å². The van der Waals surface area contributed by atoms with Crippen molar-refractivity contribution in [2.24, 2.45) is 5.73 Å². The van der Waals surface area contributed by atoms with E-state index in [0.717, 1.165) is 38.0 Å². The van der Waals surface area contributed by atoms with Crippen LogP contribution in [0.15, 0.2) is 11.4 Å². The molecule has 3 rings (SSSR count). The van der Waals surface area contributed by atoms with Crippen molar-refractivity contribution in [1.82, 2.24) is 10.2 Å². The number of thioether (sulfide) groups is 1. The van der Waals surface area contributed by atoms with E-state index in [1.807, 2.05) is 4.90 Å². The lowest BCUT2D eigenvalue weighted by Crippen LogP contribution is -2.50. The first kappa shape index (κ1) is 17.8. The first-order chi connectivity index (χ1) is 11.7. The summed E-state index contributed by atoms with van der Waals surface area (Å²) in [6.07, 6.45) is 4.54. The Morgan fingerprint density at radius 3 is 3.08 bits per heavy atom. The Morgan fingerprint density at radius 2 is 2.25 bits per heavy atom. The topological polar surface area (TPSA) is 75.4 Å². The predicted molar refractivity (Wildman–Crippen MR) is 99.3 cm³/mol. The van der Waals surface area contributed by atoms with E-state index in [9.17, 15) is 9.59 Å². The molecule has 7 heteroatoms. The molecule has 2 aliphatic rings. The van der Waals surface area contributed by atoms with Crippen molar-refractivity contribution < 1.29 is 9.59 Å². The zero-order valence-electron chi connectivity index (χ0n) is 13.8. The van der Waals surface area contributed by atoms with Gasteiger partial charge in [-0.15, -0.1) is 23.1 Å². The van der Waals surface area contributed by atoms with E-state index in [1.54, 1.807) is 23.1 Å². The Kier molecular flexibility index (Phi) is 6.19. The largest absolute Gasteiger partial charge is 0.354 e. The van der Waals surface area contributed by atoms with E-state index in [2.05, 4.69) is 16.8 Å². The molecule has 5 nitrogen and oxygen atoms in total. The SMILES string of the molecule is NCCC(=O)NCC1CCCCN1C(=O)C1SCCc2sccc21. The highest BCUT2D eigenvalue weighted by molar-refractivity contribution is 8.00. The first-order valence-electron chi connectivity index (χ1n) is 8.66. The van der Waals surface area contributed by atoms with Crippen LogP contribution in [0.2, 0.25) is 0 Å². The number of amides is 2. The second kappa shape index (κ2) is 8.36. The van der Waals surface area contributed by atoms with Crippen LogP contribution in [0.1, 0.15) is 41.4 Å². The number of fused-ring (bicyclic) bond motifs is 1. The van der Waals surface area contributed by atoms with Crippen LogP contribution in [0.4, 0.5) is 0 Å². The number of nitrogens with zero attached hydrogens (tertiary/aromatic N) is 1. The molecule has 3 heterocycles. The third-order valence-electron chi connectivity index (χ3n) is 4.72. The van der Waals surface area contributed by atoms with Crippen molar-refractivity contribution in [2.45, 2.75) is 43.4 Å². The van der Waals surface area contributed by atoms with Gasteiger partial charge in [-0.2, -0.15) is 0 Å². The lowest BCUT2D eigenvalue weighted by molar-refractivity contribution is -0.135. The summed E-state index contributed by atoms with van der Waals surface area (Å²) >= 11 is 3.52. The quantitative estimate of drug-likeness (QED) is 0.834. The summed E-state index contributed by atoms with van der Waals surface area (Å²) < 4.78 is 0. The minimum atomic E-state index is -0.0691. The molecule has 132 valence electrons. The van der Waals surface area contributed by atoms with Gasteiger partial charge >= 0.3 is 0 Å². The molecule has 1 fully saturated rings. The number of nitrogens with two attached hydrogens (primary N) is 1. The highest BCUT2D eigenvalue weighted by atomic mass is 32.2. The highest BCUT2D eigenvalue weighted by Gasteiger charge is 2.35. The molecule has 3 N–H and O–H groups in total. The molecule has 0 saturated carbocycles. The molecule has 1 aromatic rings. The molecule has 0 aliphatic carbocycles. The van der Waals surface area contributed by atoms with Gasteiger partial charge in [0.1, 0.15) is 5.25 Å². The summed E-state index contributed by atoms with van der Waals surface area (Å²) in [6.45, 7) is 1.70. The van der Waals surface area contributed by atoms with Gasteiger partial charge in [0, 0.05) is 37.0 Å². The van der Waals surface area contributed by atoms with E-state index in [4.69, 9.17) is 5.73 Å². The Morgan fingerprint density at radius 1 is 1.38 bits per heavy atom. The number of carbonyl (C=O) groups is 2. The van der Waals surface area contributed by atoms with Gasteiger partial charge in [-0.05, 0) is 48.4 Å². The number of hydrogen-bond donors (Lipinski definition) is 2. The molecular formula is C17H25N3O2S2. The molecule has 1 aromatic heterocycles. The predicted octanol–water partition coefficient (Wildman–Crippen LogP) is 1.92. The highest BCUT2D eigenvalue weighted by Crippen LogP contribution is 2.41. The smallest absolute Gasteiger partial charge is 0.240 e. The van der Waals surface area contributed by atoms with E-state index in [-0.39, 0.29) is 23.1 Å². The summed E-state index contributed by atoms with van der Waals surface area (Å²) in [7, 11) is 0. The molecular weight excluding hydrogens is 342 g/mol.